The number of hydrogen-bond acceptors (Lipinski definition) is 4. The molecule has 144 valence electrons. The van der Waals surface area contributed by atoms with Gasteiger partial charge in [0.15, 0.2) is 5.69 Å². The Hall–Kier alpha value is -3.32. The zero-order valence-electron chi connectivity index (χ0n) is 15.0. The van der Waals surface area contributed by atoms with E-state index in [1.165, 1.54) is 6.07 Å². The average molecular weight is 400 g/mol. The molecule has 1 amide bonds. The van der Waals surface area contributed by atoms with Gasteiger partial charge >= 0.3 is 5.97 Å². The average Bonchev–Trinajstić information content (AvgIpc) is 3.03. The summed E-state index contributed by atoms with van der Waals surface area (Å²) in [6.07, 6.45) is -0.286. The molecule has 3 N–H and O–H groups in total. The van der Waals surface area contributed by atoms with Gasteiger partial charge in [-0.2, -0.15) is 9.78 Å². The van der Waals surface area contributed by atoms with Gasteiger partial charge in [-0.1, -0.05) is 53.6 Å². The molecule has 1 heterocycles. The molecular formula is C20H18ClN3O4. The van der Waals surface area contributed by atoms with Crippen molar-refractivity contribution in [3.8, 4) is 11.6 Å². The summed E-state index contributed by atoms with van der Waals surface area (Å²) in [6, 6.07) is 14.4. The van der Waals surface area contributed by atoms with E-state index in [9.17, 15) is 19.8 Å². The van der Waals surface area contributed by atoms with Crippen LogP contribution in [0.15, 0.2) is 54.6 Å². The van der Waals surface area contributed by atoms with E-state index >= 15 is 0 Å². The van der Waals surface area contributed by atoms with Crippen molar-refractivity contribution in [3.05, 3.63) is 76.4 Å². The zero-order chi connectivity index (χ0) is 20.3. The van der Waals surface area contributed by atoms with E-state index in [0.29, 0.717) is 16.3 Å². The maximum absolute atomic E-state index is 12.6. The van der Waals surface area contributed by atoms with Gasteiger partial charge in [-0.3, -0.25) is 9.59 Å². The third kappa shape index (κ3) is 4.32. The molecular weight excluding hydrogens is 382 g/mol. The highest BCUT2D eigenvalue weighted by molar-refractivity contribution is 6.32. The number of rotatable bonds is 6. The highest BCUT2D eigenvalue weighted by atomic mass is 35.5. The van der Waals surface area contributed by atoms with Crippen molar-refractivity contribution < 1.29 is 19.8 Å². The topological polar surface area (TPSA) is 104 Å². The van der Waals surface area contributed by atoms with Crippen LogP contribution < -0.4 is 5.32 Å². The lowest BCUT2D eigenvalue weighted by molar-refractivity contribution is -0.137. The minimum atomic E-state index is -1.05. The smallest absolute Gasteiger partial charge is 0.305 e. The van der Waals surface area contributed by atoms with Gasteiger partial charge < -0.3 is 15.5 Å². The van der Waals surface area contributed by atoms with Crippen LogP contribution in [0.2, 0.25) is 5.02 Å². The van der Waals surface area contributed by atoms with Crippen molar-refractivity contribution in [2.24, 2.45) is 0 Å². The third-order valence-corrected chi connectivity index (χ3v) is 4.49. The number of nitrogens with one attached hydrogen (secondary N) is 1. The third-order valence-electron chi connectivity index (χ3n) is 4.17. The number of nitrogens with zero attached hydrogens (tertiary/aromatic N) is 2. The SMILES string of the molecule is Cc1ccc(C(CC(=O)O)NC(=O)c2cc(O)n(-c3ccccc3Cl)n2)cc1. The van der Waals surface area contributed by atoms with Gasteiger partial charge in [-0.15, -0.1) is 0 Å². The van der Waals surface area contributed by atoms with Crippen LogP contribution in [0.4, 0.5) is 0 Å². The second kappa shape index (κ2) is 8.14. The second-order valence-electron chi connectivity index (χ2n) is 6.29. The quantitative estimate of drug-likeness (QED) is 0.588. The molecule has 0 spiro atoms. The summed E-state index contributed by atoms with van der Waals surface area (Å²) in [6.45, 7) is 1.92. The Labute approximate surface area is 166 Å². The van der Waals surface area contributed by atoms with Crippen LogP contribution in [-0.4, -0.2) is 31.9 Å². The first-order valence-electron chi connectivity index (χ1n) is 8.48. The van der Waals surface area contributed by atoms with Gasteiger partial charge in [-0.05, 0) is 24.6 Å². The van der Waals surface area contributed by atoms with Crippen molar-refractivity contribution in [2.75, 3.05) is 0 Å². The molecule has 8 heteroatoms. The molecule has 3 aromatic rings. The first-order valence-corrected chi connectivity index (χ1v) is 8.86. The van der Waals surface area contributed by atoms with Gasteiger partial charge in [0.05, 0.1) is 23.2 Å². The molecule has 0 saturated heterocycles. The maximum atomic E-state index is 12.6. The van der Waals surface area contributed by atoms with Crippen molar-refractivity contribution in [3.63, 3.8) is 0 Å². The number of amides is 1. The molecule has 1 unspecified atom stereocenters. The lowest BCUT2D eigenvalue weighted by Crippen LogP contribution is -2.30. The van der Waals surface area contributed by atoms with E-state index in [4.69, 9.17) is 11.6 Å². The molecule has 0 saturated carbocycles. The van der Waals surface area contributed by atoms with Gasteiger partial charge in [0.2, 0.25) is 5.88 Å². The number of carboxylic acid groups (broad SMARTS) is 1. The number of para-hydroxylation sites is 1. The molecule has 0 radical (unpaired) electrons. The molecule has 0 fully saturated rings. The molecule has 2 aromatic carbocycles. The fourth-order valence-electron chi connectivity index (χ4n) is 2.74. The Morgan fingerprint density at radius 1 is 1.18 bits per heavy atom. The largest absolute Gasteiger partial charge is 0.493 e. The van der Waals surface area contributed by atoms with E-state index in [1.807, 2.05) is 19.1 Å². The van der Waals surface area contributed by atoms with Crippen molar-refractivity contribution in [1.82, 2.24) is 15.1 Å². The summed E-state index contributed by atoms with van der Waals surface area (Å²) in [5.41, 5.74) is 2.05. The number of aryl methyl sites for hydroxylation is 1. The van der Waals surface area contributed by atoms with E-state index in [-0.39, 0.29) is 18.0 Å². The van der Waals surface area contributed by atoms with Crippen LogP contribution >= 0.6 is 11.6 Å². The van der Waals surface area contributed by atoms with E-state index in [1.54, 1.807) is 36.4 Å². The summed E-state index contributed by atoms with van der Waals surface area (Å²) in [7, 11) is 0. The number of halogens is 1. The normalized spacial score (nSPS) is 11.8. The lowest BCUT2D eigenvalue weighted by Gasteiger charge is -2.17. The monoisotopic (exact) mass is 399 g/mol. The highest BCUT2D eigenvalue weighted by Crippen LogP contribution is 2.25. The number of carbonyl (C=O) groups excluding carboxylic acids is 1. The van der Waals surface area contributed by atoms with Crippen LogP contribution in [-0.2, 0) is 4.79 Å². The Balaban J connectivity index is 1.86. The van der Waals surface area contributed by atoms with Crippen molar-refractivity contribution >= 4 is 23.5 Å². The fraction of sp³-hybridized carbons (Fsp3) is 0.150. The van der Waals surface area contributed by atoms with Crippen LogP contribution in [0.1, 0.15) is 34.1 Å². The Morgan fingerprint density at radius 2 is 1.86 bits per heavy atom. The molecule has 0 aliphatic heterocycles. The first kappa shape index (κ1) is 19.4. The number of benzene rings is 2. The van der Waals surface area contributed by atoms with Crippen LogP contribution in [0.3, 0.4) is 0 Å². The molecule has 0 aliphatic rings. The molecule has 0 aliphatic carbocycles. The second-order valence-corrected chi connectivity index (χ2v) is 6.69. The van der Waals surface area contributed by atoms with Crippen molar-refractivity contribution in [1.29, 1.82) is 0 Å². The molecule has 0 bridgehead atoms. The number of aliphatic carboxylic acids is 1. The summed E-state index contributed by atoms with van der Waals surface area (Å²) >= 11 is 6.12. The molecule has 7 nitrogen and oxygen atoms in total. The zero-order valence-corrected chi connectivity index (χ0v) is 15.7. The molecule has 3 rings (SSSR count). The Kier molecular flexibility index (Phi) is 5.65. The van der Waals surface area contributed by atoms with E-state index in [2.05, 4.69) is 10.4 Å². The Morgan fingerprint density at radius 3 is 2.50 bits per heavy atom. The first-order chi connectivity index (χ1) is 13.3. The number of carboxylic acids is 1. The van der Waals surface area contributed by atoms with Gasteiger partial charge in [-0.25, -0.2) is 0 Å². The molecule has 28 heavy (non-hydrogen) atoms. The fourth-order valence-corrected chi connectivity index (χ4v) is 2.96. The lowest BCUT2D eigenvalue weighted by atomic mass is 10.0. The maximum Gasteiger partial charge on any atom is 0.305 e. The number of hydrogen-bond donors (Lipinski definition) is 3. The van der Waals surface area contributed by atoms with Crippen molar-refractivity contribution in [2.45, 2.75) is 19.4 Å². The van der Waals surface area contributed by atoms with Gasteiger partial charge in [0, 0.05) is 6.07 Å². The number of aromatic hydroxyl groups is 1. The van der Waals surface area contributed by atoms with Crippen LogP contribution in [0.25, 0.3) is 5.69 Å². The Bertz CT molecular complexity index is 1010. The van der Waals surface area contributed by atoms with E-state index < -0.39 is 17.9 Å². The van der Waals surface area contributed by atoms with Crippen LogP contribution in [0, 0.1) is 6.92 Å². The predicted octanol–water partition coefficient (Wildman–Crippen LogP) is 3.49. The number of carbonyl (C=O) groups is 2. The number of aromatic nitrogens is 2. The predicted molar refractivity (Wildman–Crippen MR) is 104 cm³/mol. The summed E-state index contributed by atoms with van der Waals surface area (Å²) in [5.74, 6) is -1.91. The van der Waals surface area contributed by atoms with Gasteiger partial charge in [0.1, 0.15) is 0 Å². The summed E-state index contributed by atoms with van der Waals surface area (Å²) in [5, 5.41) is 26.5. The highest BCUT2D eigenvalue weighted by Gasteiger charge is 2.22. The van der Waals surface area contributed by atoms with Gasteiger partial charge in [0.25, 0.3) is 5.91 Å². The van der Waals surface area contributed by atoms with Crippen LogP contribution in [0.5, 0.6) is 5.88 Å². The standard InChI is InChI=1S/C20H18ClN3O4/c1-12-6-8-13(9-7-12)15(11-19(26)27)22-20(28)16-10-18(25)24(23-16)17-5-3-2-4-14(17)21/h2-10,15,25H,11H2,1H3,(H,22,28)(H,26,27). The van der Waals surface area contributed by atoms with E-state index in [0.717, 1.165) is 10.2 Å². The minimum Gasteiger partial charge on any atom is -0.493 e. The summed E-state index contributed by atoms with van der Waals surface area (Å²) < 4.78 is 1.15. The minimum absolute atomic E-state index is 0.0556. The summed E-state index contributed by atoms with van der Waals surface area (Å²) in [4.78, 5) is 23.9. The molecule has 1 aromatic heterocycles. The molecule has 1 atom stereocenters.